The van der Waals surface area contributed by atoms with E-state index in [0.717, 1.165) is 12.5 Å². The Kier molecular flexibility index (Phi) is 6.72. The second kappa shape index (κ2) is 8.55. The van der Waals surface area contributed by atoms with E-state index in [0.29, 0.717) is 12.1 Å². The molecular formula is C19H32N2. The molecule has 1 aromatic rings. The molecule has 0 aliphatic heterocycles. The first-order valence-electron chi connectivity index (χ1n) is 8.65. The molecule has 2 nitrogen and oxygen atoms in total. The van der Waals surface area contributed by atoms with Gasteiger partial charge < -0.3 is 5.32 Å². The standard InChI is InChI=1S/C19H32N2/c1-16(2)20-14-19(18-12-8-5-9-13-18)21(3)15-17-10-6-4-7-11-17/h5,8-9,12-13,16-17,19-20H,4,6-7,10-11,14-15H2,1-3H3. The fourth-order valence-electron chi connectivity index (χ4n) is 3.45. The summed E-state index contributed by atoms with van der Waals surface area (Å²) in [4.78, 5) is 2.57. The van der Waals surface area contributed by atoms with Crippen LogP contribution < -0.4 is 5.32 Å². The Morgan fingerprint density at radius 1 is 1.10 bits per heavy atom. The number of nitrogens with one attached hydrogen (secondary N) is 1. The number of rotatable bonds is 7. The van der Waals surface area contributed by atoms with E-state index in [1.165, 1.54) is 44.2 Å². The minimum atomic E-state index is 0.482. The zero-order valence-electron chi connectivity index (χ0n) is 14.0. The molecule has 0 spiro atoms. The number of benzene rings is 1. The molecule has 1 aromatic carbocycles. The molecule has 2 rings (SSSR count). The lowest BCUT2D eigenvalue weighted by Gasteiger charge is -2.34. The van der Waals surface area contributed by atoms with Gasteiger partial charge in [-0.3, -0.25) is 4.90 Å². The fraction of sp³-hybridized carbons (Fsp3) is 0.684. The summed E-state index contributed by atoms with van der Waals surface area (Å²) in [5, 5.41) is 3.62. The highest BCUT2D eigenvalue weighted by atomic mass is 15.2. The van der Waals surface area contributed by atoms with Crippen LogP contribution in [0.25, 0.3) is 0 Å². The van der Waals surface area contributed by atoms with Crippen LogP contribution in [0.4, 0.5) is 0 Å². The Hall–Kier alpha value is -0.860. The van der Waals surface area contributed by atoms with Gasteiger partial charge in [-0.1, -0.05) is 63.4 Å². The molecule has 1 saturated carbocycles. The smallest absolute Gasteiger partial charge is 0.0469 e. The van der Waals surface area contributed by atoms with Crippen molar-refractivity contribution in [2.24, 2.45) is 5.92 Å². The summed E-state index contributed by atoms with van der Waals surface area (Å²) in [6, 6.07) is 12.0. The second-order valence-corrected chi connectivity index (χ2v) is 6.93. The highest BCUT2D eigenvalue weighted by molar-refractivity contribution is 5.19. The minimum Gasteiger partial charge on any atom is -0.313 e. The van der Waals surface area contributed by atoms with Gasteiger partial charge in [-0.05, 0) is 31.4 Å². The summed E-state index contributed by atoms with van der Waals surface area (Å²) in [7, 11) is 2.30. The lowest BCUT2D eigenvalue weighted by atomic mass is 9.88. The van der Waals surface area contributed by atoms with Gasteiger partial charge in [0.2, 0.25) is 0 Å². The molecule has 1 aliphatic rings. The summed E-state index contributed by atoms with van der Waals surface area (Å²) >= 11 is 0. The van der Waals surface area contributed by atoms with Gasteiger partial charge in [0.15, 0.2) is 0 Å². The van der Waals surface area contributed by atoms with Gasteiger partial charge in [0, 0.05) is 25.2 Å². The third kappa shape index (κ3) is 5.44. The van der Waals surface area contributed by atoms with Crippen LogP contribution in [0, 0.1) is 5.92 Å². The van der Waals surface area contributed by atoms with Crippen LogP contribution in [-0.2, 0) is 0 Å². The van der Waals surface area contributed by atoms with Crippen molar-refractivity contribution in [3.63, 3.8) is 0 Å². The van der Waals surface area contributed by atoms with E-state index in [1.807, 2.05) is 0 Å². The molecule has 1 aliphatic carbocycles. The van der Waals surface area contributed by atoms with Gasteiger partial charge >= 0.3 is 0 Å². The highest BCUT2D eigenvalue weighted by Crippen LogP contribution is 2.27. The van der Waals surface area contributed by atoms with E-state index in [4.69, 9.17) is 0 Å². The van der Waals surface area contributed by atoms with Gasteiger partial charge in [-0.15, -0.1) is 0 Å². The topological polar surface area (TPSA) is 15.3 Å². The highest BCUT2D eigenvalue weighted by Gasteiger charge is 2.21. The predicted octanol–water partition coefficient (Wildman–Crippen LogP) is 4.24. The molecule has 1 unspecified atom stereocenters. The van der Waals surface area contributed by atoms with Crippen molar-refractivity contribution < 1.29 is 0 Å². The Morgan fingerprint density at radius 2 is 1.76 bits per heavy atom. The molecule has 0 bridgehead atoms. The van der Waals surface area contributed by atoms with E-state index < -0.39 is 0 Å². The Balaban J connectivity index is 1.99. The zero-order chi connectivity index (χ0) is 15.1. The molecule has 0 radical (unpaired) electrons. The van der Waals surface area contributed by atoms with Crippen LogP contribution in [-0.4, -0.2) is 31.1 Å². The van der Waals surface area contributed by atoms with Crippen molar-refractivity contribution in [2.45, 2.75) is 58.0 Å². The second-order valence-electron chi connectivity index (χ2n) is 6.93. The average molecular weight is 288 g/mol. The van der Waals surface area contributed by atoms with Crippen LogP contribution in [0.1, 0.15) is 57.6 Å². The quantitative estimate of drug-likeness (QED) is 0.807. The van der Waals surface area contributed by atoms with Crippen molar-refractivity contribution in [2.75, 3.05) is 20.1 Å². The largest absolute Gasteiger partial charge is 0.313 e. The zero-order valence-corrected chi connectivity index (χ0v) is 14.0. The SMILES string of the molecule is CC(C)NCC(c1ccccc1)N(C)CC1CCCCC1. The molecule has 1 N–H and O–H groups in total. The Bertz CT molecular complexity index is 382. The van der Waals surface area contributed by atoms with Crippen molar-refractivity contribution in [1.29, 1.82) is 0 Å². The van der Waals surface area contributed by atoms with Gasteiger partial charge in [0.05, 0.1) is 0 Å². The van der Waals surface area contributed by atoms with E-state index >= 15 is 0 Å². The van der Waals surface area contributed by atoms with Crippen molar-refractivity contribution in [3.8, 4) is 0 Å². The maximum atomic E-state index is 3.62. The molecule has 0 heterocycles. The number of nitrogens with zero attached hydrogens (tertiary/aromatic N) is 1. The molecule has 21 heavy (non-hydrogen) atoms. The molecular weight excluding hydrogens is 256 g/mol. The van der Waals surface area contributed by atoms with Gasteiger partial charge in [-0.25, -0.2) is 0 Å². The fourth-order valence-corrected chi connectivity index (χ4v) is 3.45. The molecule has 1 atom stereocenters. The predicted molar refractivity (Wildman–Crippen MR) is 91.5 cm³/mol. The van der Waals surface area contributed by atoms with Gasteiger partial charge in [0.1, 0.15) is 0 Å². The molecule has 0 saturated heterocycles. The first kappa shape index (κ1) is 16.5. The van der Waals surface area contributed by atoms with E-state index in [2.05, 4.69) is 61.4 Å². The lowest BCUT2D eigenvalue weighted by molar-refractivity contribution is 0.177. The third-order valence-corrected chi connectivity index (χ3v) is 4.71. The third-order valence-electron chi connectivity index (χ3n) is 4.71. The average Bonchev–Trinajstić information content (AvgIpc) is 2.49. The normalized spacial score (nSPS) is 18.3. The first-order valence-corrected chi connectivity index (χ1v) is 8.65. The van der Waals surface area contributed by atoms with Crippen LogP contribution in [0.2, 0.25) is 0 Å². The van der Waals surface area contributed by atoms with Crippen LogP contribution in [0.15, 0.2) is 30.3 Å². The lowest BCUT2D eigenvalue weighted by Crippen LogP contribution is -2.38. The molecule has 2 heteroatoms. The summed E-state index contributed by atoms with van der Waals surface area (Å²) < 4.78 is 0. The maximum Gasteiger partial charge on any atom is 0.0469 e. The van der Waals surface area contributed by atoms with E-state index in [1.54, 1.807) is 0 Å². The molecule has 0 amide bonds. The molecule has 1 fully saturated rings. The number of hydrogen-bond donors (Lipinski definition) is 1. The maximum absolute atomic E-state index is 3.62. The van der Waals surface area contributed by atoms with Crippen molar-refractivity contribution >= 4 is 0 Å². The summed E-state index contributed by atoms with van der Waals surface area (Å²) in [6.07, 6.45) is 7.14. The van der Waals surface area contributed by atoms with Crippen molar-refractivity contribution in [3.05, 3.63) is 35.9 Å². The van der Waals surface area contributed by atoms with Crippen LogP contribution in [0.5, 0.6) is 0 Å². The monoisotopic (exact) mass is 288 g/mol. The van der Waals surface area contributed by atoms with Crippen molar-refractivity contribution in [1.82, 2.24) is 10.2 Å². The first-order chi connectivity index (χ1) is 10.2. The van der Waals surface area contributed by atoms with E-state index in [9.17, 15) is 0 Å². The molecule has 118 valence electrons. The Morgan fingerprint density at radius 3 is 2.38 bits per heavy atom. The van der Waals surface area contributed by atoms with Crippen LogP contribution in [0.3, 0.4) is 0 Å². The van der Waals surface area contributed by atoms with Gasteiger partial charge in [-0.2, -0.15) is 0 Å². The molecule has 0 aromatic heterocycles. The van der Waals surface area contributed by atoms with Gasteiger partial charge in [0.25, 0.3) is 0 Å². The van der Waals surface area contributed by atoms with Crippen LogP contribution >= 0.6 is 0 Å². The summed E-state index contributed by atoms with van der Waals surface area (Å²) in [5.74, 6) is 0.897. The van der Waals surface area contributed by atoms with E-state index in [-0.39, 0.29) is 0 Å². The number of likely N-dealkylation sites (N-methyl/N-ethyl adjacent to an activating group) is 1. The minimum absolute atomic E-state index is 0.482. The summed E-state index contributed by atoms with van der Waals surface area (Å²) in [6.45, 7) is 6.72. The Labute approximate surface area is 130 Å². The summed E-state index contributed by atoms with van der Waals surface area (Å²) in [5.41, 5.74) is 1.43. The number of hydrogen-bond acceptors (Lipinski definition) is 2.